The fourth-order valence-electron chi connectivity index (χ4n) is 9.22. The number of aromatic hydroxyl groups is 1. The number of carbonyl (C=O) groups excluding carboxylic acids is 4. The van der Waals surface area contributed by atoms with Crippen molar-refractivity contribution in [3.05, 3.63) is 138 Å². The Morgan fingerprint density at radius 2 is 1.51 bits per heavy atom. The van der Waals surface area contributed by atoms with Gasteiger partial charge in [0.2, 0.25) is 17.6 Å². The fraction of sp³-hybridized carbons (Fsp3) is 0.244. The lowest BCUT2D eigenvalue weighted by Gasteiger charge is -2.49. The number of hydrogen-bond donors (Lipinski definition) is 2. The van der Waals surface area contributed by atoms with Crippen LogP contribution in [0.15, 0.2) is 115 Å². The van der Waals surface area contributed by atoms with Crippen molar-refractivity contribution in [1.29, 1.82) is 0 Å². The molecule has 0 bridgehead atoms. The van der Waals surface area contributed by atoms with Crippen molar-refractivity contribution in [2.75, 3.05) is 24.5 Å². The van der Waals surface area contributed by atoms with Gasteiger partial charge in [-0.05, 0) is 78.8 Å². The molecule has 4 aliphatic rings. The second-order valence-corrected chi connectivity index (χ2v) is 14.6. The molecular weight excluding hydrogens is 695 g/mol. The van der Waals surface area contributed by atoms with Crippen molar-refractivity contribution in [3.8, 4) is 17.2 Å². The highest BCUT2D eigenvalue weighted by Crippen LogP contribution is 2.61. The number of aryl methyl sites for hydroxylation is 1. The number of fused-ring (bicyclic) bond motifs is 4. The van der Waals surface area contributed by atoms with E-state index < -0.39 is 46.8 Å². The van der Waals surface area contributed by atoms with Crippen LogP contribution in [-0.4, -0.2) is 48.0 Å². The van der Waals surface area contributed by atoms with Crippen LogP contribution < -0.4 is 19.8 Å². The molecule has 278 valence electrons. The van der Waals surface area contributed by atoms with Crippen LogP contribution in [0.4, 0.5) is 11.4 Å². The smallest absolute Gasteiger partial charge is 0.260 e. The monoisotopic (exact) mass is 735 g/mol. The predicted octanol–water partition coefficient (Wildman–Crippen LogP) is 7.10. The van der Waals surface area contributed by atoms with Gasteiger partial charge in [-0.3, -0.25) is 29.5 Å². The van der Waals surface area contributed by atoms with Gasteiger partial charge in [0.1, 0.15) is 0 Å². The summed E-state index contributed by atoms with van der Waals surface area (Å²) < 4.78 is 10.9. The third-order valence-electron chi connectivity index (χ3n) is 11.8. The van der Waals surface area contributed by atoms with E-state index in [0.717, 1.165) is 21.7 Å². The highest BCUT2D eigenvalue weighted by Gasteiger charge is 2.69. The van der Waals surface area contributed by atoms with Crippen molar-refractivity contribution < 1.29 is 33.8 Å². The molecule has 0 radical (unpaired) electrons. The molecule has 4 amide bonds. The molecule has 2 aliphatic heterocycles. The first-order chi connectivity index (χ1) is 26.6. The molecular formula is C45H41N3O7. The topological polar surface area (TPSA) is 125 Å². The summed E-state index contributed by atoms with van der Waals surface area (Å²) in [6.07, 6.45) is 7.95. The van der Waals surface area contributed by atoms with Crippen LogP contribution in [0.5, 0.6) is 17.2 Å². The molecule has 4 aromatic carbocycles. The summed E-state index contributed by atoms with van der Waals surface area (Å²) in [6, 6.07) is 27.2. The number of amides is 4. The van der Waals surface area contributed by atoms with Gasteiger partial charge in [0.15, 0.2) is 11.5 Å². The van der Waals surface area contributed by atoms with Gasteiger partial charge >= 0.3 is 0 Å². The van der Waals surface area contributed by atoms with E-state index in [4.69, 9.17) is 9.47 Å². The van der Waals surface area contributed by atoms with Crippen LogP contribution in [0.2, 0.25) is 0 Å². The molecule has 6 atom stereocenters. The number of hydrogen-bond acceptors (Lipinski definition) is 8. The van der Waals surface area contributed by atoms with E-state index in [9.17, 15) is 19.5 Å². The Balaban J connectivity index is 1.29. The van der Waals surface area contributed by atoms with E-state index in [0.29, 0.717) is 28.9 Å². The van der Waals surface area contributed by atoms with E-state index in [2.05, 4.69) is 12.0 Å². The van der Waals surface area contributed by atoms with Crippen LogP contribution in [0.3, 0.4) is 0 Å². The first-order valence-electron chi connectivity index (χ1n) is 18.3. The molecule has 8 rings (SSSR count). The summed E-state index contributed by atoms with van der Waals surface area (Å²) in [5.74, 6) is -4.61. The molecule has 10 heteroatoms. The quantitative estimate of drug-likeness (QED) is 0.138. The van der Waals surface area contributed by atoms with Crippen molar-refractivity contribution in [3.63, 3.8) is 0 Å². The zero-order chi connectivity index (χ0) is 38.6. The van der Waals surface area contributed by atoms with Crippen LogP contribution in [-0.2, 0) is 24.6 Å². The maximum Gasteiger partial charge on any atom is 0.260 e. The van der Waals surface area contributed by atoms with Gasteiger partial charge in [0, 0.05) is 5.92 Å². The molecule has 10 nitrogen and oxygen atoms in total. The van der Waals surface area contributed by atoms with Gasteiger partial charge in [-0.1, -0.05) is 96.6 Å². The average molecular weight is 736 g/mol. The number of imide groups is 2. The lowest BCUT2D eigenvalue weighted by molar-refractivity contribution is -0.139. The van der Waals surface area contributed by atoms with Crippen LogP contribution >= 0.6 is 0 Å². The number of ether oxygens (including phenoxy) is 2. The summed E-state index contributed by atoms with van der Waals surface area (Å²) >= 11 is 0. The van der Waals surface area contributed by atoms with Crippen LogP contribution in [0, 0.1) is 36.5 Å². The molecule has 55 heavy (non-hydrogen) atoms. The van der Waals surface area contributed by atoms with Crippen molar-refractivity contribution in [1.82, 2.24) is 5.01 Å². The van der Waals surface area contributed by atoms with Gasteiger partial charge in [-0.15, -0.1) is 0 Å². The summed E-state index contributed by atoms with van der Waals surface area (Å²) in [6.45, 7) is 5.77. The highest BCUT2D eigenvalue weighted by molar-refractivity contribution is 6.22. The lowest BCUT2D eigenvalue weighted by atomic mass is 9.50. The Kier molecular flexibility index (Phi) is 8.91. The summed E-state index contributed by atoms with van der Waals surface area (Å²) in [5, 5.41) is 11.8. The number of nitrogens with zero attached hydrogens (tertiary/aromatic N) is 2. The van der Waals surface area contributed by atoms with Crippen LogP contribution in [0.25, 0.3) is 12.2 Å². The minimum atomic E-state index is -1.40. The predicted molar refractivity (Wildman–Crippen MR) is 209 cm³/mol. The van der Waals surface area contributed by atoms with Crippen molar-refractivity contribution in [2.45, 2.75) is 25.2 Å². The fourth-order valence-corrected chi connectivity index (χ4v) is 9.22. The Labute approximate surface area is 319 Å². The Morgan fingerprint density at radius 1 is 0.836 bits per heavy atom. The molecule has 2 saturated heterocycles. The molecule has 4 aromatic rings. The van der Waals surface area contributed by atoms with Gasteiger partial charge < -0.3 is 14.6 Å². The minimum absolute atomic E-state index is 0.149. The SMILES string of the molecule is C=Cc1ccc(N2C(=O)C3CC=C4C(CC5C(=O)N(Nc6ccc(C)cc6)C(=O)C5(c5ccccc5)C4C=Cc4cc(OC)c(O)c(OC)c4)C3C2=O)cc1. The van der Waals surface area contributed by atoms with E-state index in [1.54, 1.807) is 30.3 Å². The molecule has 0 spiro atoms. The molecule has 6 unspecified atom stereocenters. The number of benzene rings is 4. The molecule has 2 N–H and O–H groups in total. The van der Waals surface area contributed by atoms with Crippen molar-refractivity contribution in [2.24, 2.45) is 29.6 Å². The normalized spacial score (nSPS) is 25.7. The Morgan fingerprint density at radius 3 is 2.15 bits per heavy atom. The van der Waals surface area contributed by atoms with E-state index in [-0.39, 0.29) is 35.5 Å². The number of carbonyl (C=O) groups is 4. The first-order valence-corrected chi connectivity index (χ1v) is 18.3. The number of methoxy groups -OCH3 is 2. The van der Waals surface area contributed by atoms with E-state index in [1.165, 1.54) is 19.1 Å². The minimum Gasteiger partial charge on any atom is -0.502 e. The second kappa shape index (κ2) is 13.8. The molecule has 2 heterocycles. The van der Waals surface area contributed by atoms with E-state index in [1.807, 2.05) is 91.9 Å². The summed E-state index contributed by atoms with van der Waals surface area (Å²) in [4.78, 5) is 60.1. The molecule has 1 saturated carbocycles. The van der Waals surface area contributed by atoms with Gasteiger partial charge in [0.25, 0.3) is 11.8 Å². The number of nitrogens with one attached hydrogen (secondary N) is 1. The number of hydrazine groups is 1. The Bertz CT molecular complexity index is 2260. The standard InChI is InChI=1S/C45H41N3O7/c1-5-27-13-18-31(19-14-27)47-41(50)33-21-20-32-34(39(33)43(47)52)25-36-42(51)48(46-30-16-11-26(2)12-17-30)44(53)45(36,29-9-7-6-8-10-29)35(32)22-15-28-23-37(54-3)40(49)38(24-28)55-4/h5-20,22-24,33-36,39,46,49H,1,21,25H2,2-4H3. The first kappa shape index (κ1) is 35.6. The molecule has 3 fully saturated rings. The zero-order valence-electron chi connectivity index (χ0n) is 30.8. The largest absolute Gasteiger partial charge is 0.502 e. The number of rotatable bonds is 9. The molecule has 2 aliphatic carbocycles. The number of allylic oxidation sites excluding steroid dienone is 3. The second-order valence-electron chi connectivity index (χ2n) is 14.6. The van der Waals surface area contributed by atoms with Crippen molar-refractivity contribution >= 4 is 47.2 Å². The molecule has 0 aromatic heterocycles. The summed E-state index contributed by atoms with van der Waals surface area (Å²) in [7, 11) is 2.89. The maximum atomic E-state index is 15.3. The Hall–Kier alpha value is -6.42. The third-order valence-corrected chi connectivity index (χ3v) is 11.8. The maximum absolute atomic E-state index is 15.3. The highest BCUT2D eigenvalue weighted by atomic mass is 16.5. The van der Waals surface area contributed by atoms with Gasteiger partial charge in [-0.25, -0.2) is 0 Å². The van der Waals surface area contributed by atoms with Gasteiger partial charge in [-0.2, -0.15) is 5.01 Å². The zero-order valence-corrected chi connectivity index (χ0v) is 30.8. The van der Waals surface area contributed by atoms with E-state index >= 15 is 4.79 Å². The number of phenolic OH excluding ortho intramolecular Hbond substituents is 1. The summed E-state index contributed by atoms with van der Waals surface area (Å²) in [5.41, 5.74) is 6.79. The average Bonchev–Trinajstić information content (AvgIpc) is 3.59. The number of anilines is 2. The number of phenols is 1. The lowest BCUT2D eigenvalue weighted by Crippen LogP contribution is -2.54. The van der Waals surface area contributed by atoms with Crippen LogP contribution in [0.1, 0.15) is 35.1 Å². The van der Waals surface area contributed by atoms with Gasteiger partial charge in [0.05, 0.1) is 48.8 Å². The third kappa shape index (κ3) is 5.54.